The Morgan fingerprint density at radius 1 is 1.10 bits per heavy atom. The average molecular weight is 271 g/mol. The van der Waals surface area contributed by atoms with Crippen LogP contribution in [0.15, 0.2) is 42.7 Å². The molecule has 0 aliphatic carbocycles. The van der Waals surface area contributed by atoms with Crippen LogP contribution in [0, 0.1) is 0 Å². The van der Waals surface area contributed by atoms with Crippen molar-refractivity contribution in [1.82, 2.24) is 9.97 Å². The van der Waals surface area contributed by atoms with E-state index in [2.05, 4.69) is 15.3 Å². The Kier molecular flexibility index (Phi) is 4.39. The molecule has 20 heavy (non-hydrogen) atoms. The van der Waals surface area contributed by atoms with Crippen LogP contribution in [0.25, 0.3) is 0 Å². The van der Waals surface area contributed by atoms with Crippen molar-refractivity contribution < 1.29 is 14.7 Å². The zero-order chi connectivity index (χ0) is 14.4. The number of anilines is 1. The van der Waals surface area contributed by atoms with Gasteiger partial charge in [0.1, 0.15) is 0 Å². The molecule has 0 unspecified atom stereocenters. The highest BCUT2D eigenvalue weighted by Gasteiger charge is 2.07. The van der Waals surface area contributed by atoms with Gasteiger partial charge in [-0.1, -0.05) is 12.1 Å². The molecule has 0 aliphatic rings. The molecule has 102 valence electrons. The standard InChI is InChI=1S/C14H13N3O3/c18-12(19)7-4-10-2-5-11(6-3-10)13(20)17-14-15-8-1-9-16-14/h1-3,5-6,8-9H,4,7H2,(H,18,19)(H,15,16,17,20). The van der Waals surface area contributed by atoms with Gasteiger partial charge in [-0.3, -0.25) is 14.9 Å². The third kappa shape index (κ3) is 3.88. The quantitative estimate of drug-likeness (QED) is 0.864. The largest absolute Gasteiger partial charge is 0.481 e. The summed E-state index contributed by atoms with van der Waals surface area (Å²) in [5.41, 5.74) is 1.34. The number of carbonyl (C=O) groups excluding carboxylic acids is 1. The first-order valence-corrected chi connectivity index (χ1v) is 6.04. The van der Waals surface area contributed by atoms with E-state index in [1.165, 1.54) is 12.4 Å². The highest BCUT2D eigenvalue weighted by Crippen LogP contribution is 2.08. The first kappa shape index (κ1) is 13.7. The molecule has 2 N–H and O–H groups in total. The van der Waals surface area contributed by atoms with E-state index in [9.17, 15) is 9.59 Å². The van der Waals surface area contributed by atoms with Gasteiger partial charge in [-0.2, -0.15) is 0 Å². The van der Waals surface area contributed by atoms with Crippen LogP contribution in [0.1, 0.15) is 22.3 Å². The summed E-state index contributed by atoms with van der Waals surface area (Å²) in [5.74, 6) is -0.901. The molecule has 2 rings (SSSR count). The fourth-order valence-electron chi connectivity index (χ4n) is 1.61. The summed E-state index contributed by atoms with van der Waals surface area (Å²) in [5, 5.41) is 11.2. The smallest absolute Gasteiger partial charge is 0.303 e. The molecular weight excluding hydrogens is 258 g/mol. The number of rotatable bonds is 5. The molecule has 0 saturated heterocycles. The Morgan fingerprint density at radius 3 is 2.35 bits per heavy atom. The van der Waals surface area contributed by atoms with Gasteiger partial charge in [-0.05, 0) is 30.2 Å². The fraction of sp³-hybridized carbons (Fsp3) is 0.143. The predicted octanol–water partition coefficient (Wildman–Crippen LogP) is 1.75. The van der Waals surface area contributed by atoms with Gasteiger partial charge in [0.25, 0.3) is 5.91 Å². The maximum Gasteiger partial charge on any atom is 0.303 e. The topological polar surface area (TPSA) is 92.2 Å². The van der Waals surface area contributed by atoms with Crippen LogP contribution in [0.3, 0.4) is 0 Å². The Balaban J connectivity index is 1.99. The molecule has 0 saturated carbocycles. The number of aliphatic carboxylic acids is 1. The van der Waals surface area contributed by atoms with Crippen molar-refractivity contribution in [2.45, 2.75) is 12.8 Å². The third-order valence-corrected chi connectivity index (χ3v) is 2.63. The van der Waals surface area contributed by atoms with E-state index in [1.54, 1.807) is 30.3 Å². The highest BCUT2D eigenvalue weighted by molar-refractivity contribution is 6.03. The number of carbonyl (C=O) groups is 2. The van der Waals surface area contributed by atoms with Gasteiger partial charge in [-0.25, -0.2) is 9.97 Å². The van der Waals surface area contributed by atoms with Crippen LogP contribution in [0.2, 0.25) is 0 Å². The summed E-state index contributed by atoms with van der Waals surface area (Å²) in [4.78, 5) is 30.2. The lowest BCUT2D eigenvalue weighted by Gasteiger charge is -2.04. The van der Waals surface area contributed by atoms with Crippen LogP contribution in [0.4, 0.5) is 5.95 Å². The number of aryl methyl sites for hydroxylation is 1. The number of hydrogen-bond donors (Lipinski definition) is 2. The molecule has 1 aromatic carbocycles. The molecule has 0 bridgehead atoms. The van der Waals surface area contributed by atoms with Crippen LogP contribution < -0.4 is 5.32 Å². The minimum Gasteiger partial charge on any atom is -0.481 e. The molecule has 0 spiro atoms. The van der Waals surface area contributed by atoms with E-state index < -0.39 is 5.97 Å². The fourth-order valence-corrected chi connectivity index (χ4v) is 1.61. The minimum absolute atomic E-state index is 0.0728. The van der Waals surface area contributed by atoms with Crippen LogP contribution >= 0.6 is 0 Å². The molecule has 6 nitrogen and oxygen atoms in total. The minimum atomic E-state index is -0.840. The van der Waals surface area contributed by atoms with E-state index in [4.69, 9.17) is 5.11 Å². The molecule has 1 amide bonds. The first-order chi connectivity index (χ1) is 9.65. The van der Waals surface area contributed by atoms with Crippen molar-refractivity contribution in [3.63, 3.8) is 0 Å². The number of carboxylic acid groups (broad SMARTS) is 1. The van der Waals surface area contributed by atoms with Crippen LogP contribution in [0.5, 0.6) is 0 Å². The lowest BCUT2D eigenvalue weighted by atomic mass is 10.1. The van der Waals surface area contributed by atoms with Crippen molar-refractivity contribution in [2.24, 2.45) is 0 Å². The second kappa shape index (κ2) is 6.42. The molecule has 0 aliphatic heterocycles. The summed E-state index contributed by atoms with van der Waals surface area (Å²) in [6.07, 6.45) is 3.59. The van der Waals surface area contributed by atoms with Crippen molar-refractivity contribution >= 4 is 17.8 Å². The van der Waals surface area contributed by atoms with Gasteiger partial charge >= 0.3 is 5.97 Å². The Morgan fingerprint density at radius 2 is 1.75 bits per heavy atom. The summed E-state index contributed by atoms with van der Waals surface area (Å²) >= 11 is 0. The average Bonchev–Trinajstić information content (AvgIpc) is 2.46. The number of carboxylic acids is 1. The number of aromatic nitrogens is 2. The Hall–Kier alpha value is -2.76. The SMILES string of the molecule is O=C(O)CCc1ccc(C(=O)Nc2ncccn2)cc1. The molecule has 6 heteroatoms. The van der Waals surface area contributed by atoms with Crippen molar-refractivity contribution in [1.29, 1.82) is 0 Å². The Labute approximate surface area is 115 Å². The van der Waals surface area contributed by atoms with E-state index in [1.807, 2.05) is 0 Å². The summed E-state index contributed by atoms with van der Waals surface area (Å²) < 4.78 is 0. The van der Waals surface area contributed by atoms with Gasteiger partial charge in [0.2, 0.25) is 5.95 Å². The normalized spacial score (nSPS) is 10.0. The van der Waals surface area contributed by atoms with E-state index in [-0.39, 0.29) is 18.3 Å². The molecule has 0 radical (unpaired) electrons. The number of nitrogens with one attached hydrogen (secondary N) is 1. The van der Waals surface area contributed by atoms with E-state index >= 15 is 0 Å². The Bertz CT molecular complexity index is 597. The van der Waals surface area contributed by atoms with E-state index in [0.717, 1.165) is 5.56 Å². The number of nitrogens with zero attached hydrogens (tertiary/aromatic N) is 2. The second-order valence-corrected chi connectivity index (χ2v) is 4.12. The molecular formula is C14H13N3O3. The number of hydrogen-bond acceptors (Lipinski definition) is 4. The first-order valence-electron chi connectivity index (χ1n) is 6.04. The van der Waals surface area contributed by atoms with Crippen molar-refractivity contribution in [3.05, 3.63) is 53.9 Å². The van der Waals surface area contributed by atoms with Crippen molar-refractivity contribution in [3.8, 4) is 0 Å². The molecule has 1 heterocycles. The zero-order valence-electron chi connectivity index (χ0n) is 10.6. The van der Waals surface area contributed by atoms with Crippen molar-refractivity contribution in [2.75, 3.05) is 5.32 Å². The highest BCUT2D eigenvalue weighted by atomic mass is 16.4. The summed E-state index contributed by atoms with van der Waals surface area (Å²) in [6.45, 7) is 0. The molecule has 1 aromatic heterocycles. The monoisotopic (exact) mass is 271 g/mol. The predicted molar refractivity (Wildman–Crippen MR) is 72.4 cm³/mol. The maximum absolute atomic E-state index is 11.9. The summed E-state index contributed by atoms with van der Waals surface area (Å²) in [7, 11) is 0. The van der Waals surface area contributed by atoms with Gasteiger partial charge in [0, 0.05) is 24.4 Å². The van der Waals surface area contributed by atoms with Gasteiger partial charge in [0.15, 0.2) is 0 Å². The number of amides is 1. The summed E-state index contributed by atoms with van der Waals surface area (Å²) in [6, 6.07) is 8.44. The van der Waals surface area contributed by atoms with Crippen LogP contribution in [-0.4, -0.2) is 27.0 Å². The third-order valence-electron chi connectivity index (χ3n) is 2.63. The zero-order valence-corrected chi connectivity index (χ0v) is 10.6. The number of benzene rings is 1. The van der Waals surface area contributed by atoms with Gasteiger partial charge < -0.3 is 5.11 Å². The van der Waals surface area contributed by atoms with Gasteiger partial charge in [-0.15, -0.1) is 0 Å². The van der Waals surface area contributed by atoms with Crippen LogP contribution in [-0.2, 0) is 11.2 Å². The molecule has 0 atom stereocenters. The molecule has 2 aromatic rings. The lowest BCUT2D eigenvalue weighted by Crippen LogP contribution is -2.13. The molecule has 0 fully saturated rings. The lowest BCUT2D eigenvalue weighted by molar-refractivity contribution is -0.136. The van der Waals surface area contributed by atoms with E-state index in [0.29, 0.717) is 12.0 Å². The second-order valence-electron chi connectivity index (χ2n) is 4.12. The van der Waals surface area contributed by atoms with Gasteiger partial charge in [0.05, 0.1) is 0 Å². The maximum atomic E-state index is 11.9.